The van der Waals surface area contributed by atoms with Gasteiger partial charge in [0.05, 0.1) is 75.1 Å². The summed E-state index contributed by atoms with van der Waals surface area (Å²) >= 11 is 3.75. The molecule has 0 aliphatic carbocycles. The Morgan fingerprint density at radius 1 is 0.361 bits per heavy atom. The number of piperidine rings is 4. The second-order valence-corrected chi connectivity index (χ2v) is 49.5. The first-order valence-electron chi connectivity index (χ1n) is 52.9. The predicted octanol–water partition coefficient (Wildman–Crippen LogP) is 24.8. The molecule has 4 saturated heterocycles. The number of nitrogens with one attached hydrogen (secondary N) is 2. The summed E-state index contributed by atoms with van der Waals surface area (Å²) < 4.78 is 48.5. The van der Waals surface area contributed by atoms with Crippen LogP contribution in [0.2, 0.25) is 0 Å². The summed E-state index contributed by atoms with van der Waals surface area (Å²) in [6.07, 6.45) is 7.38. The van der Waals surface area contributed by atoms with Gasteiger partial charge in [-0.1, -0.05) is 110 Å². The lowest BCUT2D eigenvalue weighted by molar-refractivity contribution is -0.167. The van der Waals surface area contributed by atoms with Gasteiger partial charge in [-0.15, -0.1) is 0 Å². The van der Waals surface area contributed by atoms with Crippen LogP contribution in [-0.2, 0) is 96.0 Å². The molecule has 11 heterocycles. The fraction of sp³-hybridized carbons (Fsp3) is 0.636. The third-order valence-corrected chi connectivity index (χ3v) is 29.5. The Hall–Kier alpha value is -9.15. The molecule has 4 fully saturated rings. The number of hydrogen-bond donors (Lipinski definition) is 3. The average molecular weight is 2050 g/mol. The van der Waals surface area contributed by atoms with Crippen LogP contribution in [0, 0.1) is 77.0 Å². The van der Waals surface area contributed by atoms with Crippen LogP contribution in [0.25, 0.3) is 33.4 Å². The van der Waals surface area contributed by atoms with E-state index in [1.165, 1.54) is 27.8 Å². The van der Waals surface area contributed by atoms with Gasteiger partial charge in [-0.05, 0) is 351 Å². The molecule has 7 aliphatic heterocycles. The second-order valence-electron chi connectivity index (χ2n) is 48.7. The van der Waals surface area contributed by atoms with Gasteiger partial charge in [0.25, 0.3) is 0 Å². The number of aliphatic carboxylic acids is 1. The number of ether oxygens (including phenoxy) is 8. The lowest BCUT2D eigenvalue weighted by Gasteiger charge is -2.41. The minimum atomic E-state index is -1.09. The number of amides is 1. The number of anilines is 4. The van der Waals surface area contributed by atoms with Crippen molar-refractivity contribution in [3.05, 3.63) is 160 Å². The Morgan fingerprint density at radius 2 is 0.632 bits per heavy atom. The molecule has 3 N–H and O–H groups in total. The van der Waals surface area contributed by atoms with Gasteiger partial charge in [0, 0.05) is 157 Å². The molecule has 4 aromatic heterocycles. The number of fused-ring (bicyclic) bond motifs is 3. The number of carboxylic acids is 1. The largest absolute Gasteiger partial charge is 0.479 e. The first-order chi connectivity index (χ1) is 67.0. The van der Waals surface area contributed by atoms with Gasteiger partial charge >= 0.3 is 30.0 Å². The molecule has 26 heteroatoms. The van der Waals surface area contributed by atoms with Gasteiger partial charge in [0.15, 0.2) is 24.4 Å². The molecule has 0 radical (unpaired) electrons. The van der Waals surface area contributed by atoms with E-state index < -0.39 is 64.4 Å². The standard InChI is InChI=1S/C36H53N3O5.C31H45N3O3.C29H41N3O3.C22H35BrN2O3/c1-12-42-32(40)31(43-34(4,5)6)29-24(3)37-23(2)28(30(29)38-19-16-36(10,11)17-20-38)26-13-14-27-22-39(18-15-25(27)21-26)33(41)44-35(7,8)9;1-9-36-29(35)28(37-30(4,5)6)26-21(3)33-20(2)25(27(26)34-16-13-31(7,8)14-17-34)23-10-11-24-19-32-15-12-22(24)18-23;1-18-23(21-8-9-22-17-30-13-10-20(22)16-21)25(32-14-11-29(6,7)12-15-32)24(19(2)31-18)26(27(33)34)35-28(3,4)5;1-9-27-20(26)19(28-21(4,5)6)16-14(2)24-15(3)17(23)18(16)25-12-10-22(7,8)11-13-25/h13-14,21,31H,12,15-20,22H2,1-11H3;10-11,18,28,32H,9,12-17,19H2,1-8H3;8-9,16,26,30H,10-15,17H2,1-7H3,(H,33,34);19H,9-13H2,1-8H3/t31-;28-;26-;19-/m0000/s1. The van der Waals surface area contributed by atoms with Crippen molar-refractivity contribution in [2.45, 2.75) is 378 Å². The molecule has 0 saturated carbocycles. The number of aryl methyl sites for hydroxylation is 8. The highest BCUT2D eigenvalue weighted by Gasteiger charge is 2.45. The Kier molecular flexibility index (Phi) is 37.4. The molecule has 3 aromatic carbocycles. The van der Waals surface area contributed by atoms with Gasteiger partial charge in [-0.3, -0.25) is 19.9 Å². The fourth-order valence-electron chi connectivity index (χ4n) is 20.7. The summed E-state index contributed by atoms with van der Waals surface area (Å²) in [5.41, 5.74) is 26.7. The first-order valence-corrected chi connectivity index (χ1v) is 53.7. The van der Waals surface area contributed by atoms with Crippen molar-refractivity contribution < 1.29 is 67.0 Å². The number of halogens is 1. The Morgan fingerprint density at radius 3 is 0.924 bits per heavy atom. The molecule has 144 heavy (non-hydrogen) atoms. The molecule has 792 valence electrons. The summed E-state index contributed by atoms with van der Waals surface area (Å²) in [6, 6.07) is 20.0. The van der Waals surface area contributed by atoms with Gasteiger partial charge in [-0.2, -0.15) is 0 Å². The molecular weight excluding hydrogens is 1880 g/mol. The highest BCUT2D eigenvalue weighted by Crippen LogP contribution is 2.52. The number of carboxylic acid groups (broad SMARTS) is 1. The van der Waals surface area contributed by atoms with Crippen LogP contribution in [0.5, 0.6) is 0 Å². The molecule has 25 nitrogen and oxygen atoms in total. The van der Waals surface area contributed by atoms with Crippen molar-refractivity contribution in [2.75, 3.05) is 111 Å². The lowest BCUT2D eigenvalue weighted by atomic mass is 9.81. The van der Waals surface area contributed by atoms with E-state index in [2.05, 4.69) is 175 Å². The zero-order valence-corrected chi connectivity index (χ0v) is 95.5. The van der Waals surface area contributed by atoms with Gasteiger partial charge < -0.3 is 78.1 Å². The molecule has 7 aliphatic rings. The minimum Gasteiger partial charge on any atom is -0.479 e. The van der Waals surface area contributed by atoms with Crippen LogP contribution >= 0.6 is 15.9 Å². The van der Waals surface area contributed by atoms with Crippen molar-refractivity contribution >= 4 is 68.6 Å². The smallest absolute Gasteiger partial charge is 0.410 e. The number of nitrogens with zero attached hydrogens (tertiary/aromatic N) is 9. The monoisotopic (exact) mass is 2050 g/mol. The van der Waals surface area contributed by atoms with Crippen LogP contribution in [0.3, 0.4) is 0 Å². The van der Waals surface area contributed by atoms with Crippen LogP contribution in [0.4, 0.5) is 27.5 Å². The molecule has 7 aromatic rings. The summed E-state index contributed by atoms with van der Waals surface area (Å²) in [7, 11) is 0. The highest BCUT2D eigenvalue weighted by molar-refractivity contribution is 9.10. The fourth-order valence-corrected chi connectivity index (χ4v) is 21.3. The average Bonchev–Trinajstić information content (AvgIpc) is 0.756. The van der Waals surface area contributed by atoms with Crippen molar-refractivity contribution in [1.82, 2.24) is 35.5 Å². The number of hydrogen-bond acceptors (Lipinski definition) is 23. The van der Waals surface area contributed by atoms with E-state index in [4.69, 9.17) is 52.8 Å². The Bertz CT molecular complexity index is 5710. The third kappa shape index (κ3) is 29.7. The van der Waals surface area contributed by atoms with E-state index >= 15 is 0 Å². The molecule has 1 amide bonds. The van der Waals surface area contributed by atoms with Gasteiger partial charge in [-0.25, -0.2) is 24.0 Å². The van der Waals surface area contributed by atoms with Crippen molar-refractivity contribution in [3.63, 3.8) is 0 Å². The number of aromatic nitrogens is 4. The van der Waals surface area contributed by atoms with E-state index in [1.54, 1.807) is 4.90 Å². The van der Waals surface area contributed by atoms with E-state index in [-0.39, 0.29) is 35.5 Å². The number of rotatable bonds is 22. The summed E-state index contributed by atoms with van der Waals surface area (Å²) in [4.78, 5) is 96.4. The molecule has 4 atom stereocenters. The lowest BCUT2D eigenvalue weighted by Crippen LogP contribution is -2.40. The molecular formula is C118H174BrN11O14. The highest BCUT2D eigenvalue weighted by atomic mass is 79.9. The normalized spacial score (nSPS) is 18.2. The van der Waals surface area contributed by atoms with Crippen molar-refractivity contribution in [2.24, 2.45) is 21.7 Å². The van der Waals surface area contributed by atoms with Crippen LogP contribution < -0.4 is 30.2 Å². The molecule has 14 rings (SSSR count). The van der Waals surface area contributed by atoms with E-state index in [0.29, 0.717) is 42.7 Å². The van der Waals surface area contributed by atoms with Gasteiger partial charge in [0.1, 0.15) is 5.60 Å². The van der Waals surface area contributed by atoms with Crippen LogP contribution in [-0.4, -0.2) is 180 Å². The van der Waals surface area contributed by atoms with Crippen molar-refractivity contribution in [1.29, 1.82) is 0 Å². The Labute approximate surface area is 870 Å². The first kappa shape index (κ1) is 115. The summed E-state index contributed by atoms with van der Waals surface area (Å²) in [6.45, 7) is 82.2. The molecule has 0 bridgehead atoms. The van der Waals surface area contributed by atoms with Crippen LogP contribution in [0.15, 0.2) is 59.1 Å². The maximum Gasteiger partial charge on any atom is 0.410 e. The number of pyridine rings is 4. The third-order valence-electron chi connectivity index (χ3n) is 28.6. The van der Waals surface area contributed by atoms with Gasteiger partial charge in [0.2, 0.25) is 0 Å². The van der Waals surface area contributed by atoms with E-state index in [9.17, 15) is 29.1 Å². The predicted molar refractivity (Wildman–Crippen MR) is 583 cm³/mol. The minimum absolute atomic E-state index is 0.252. The zero-order valence-electron chi connectivity index (χ0n) is 94.0. The Balaban J connectivity index is 0.000000185. The van der Waals surface area contributed by atoms with Crippen LogP contribution in [0.1, 0.15) is 357 Å². The number of carbonyl (C=O) groups excluding carboxylic acids is 4. The molecule has 0 unspecified atom stereocenters. The number of esters is 3. The SMILES string of the molecule is CCOC(=O)[C@@H](OC(C)(C)C)c1c(C)nc(C)c(-c2ccc3c(c2)CCN(C(=O)OC(C)(C)C)C3)c1N1CCC(C)(C)CC1.CCOC(=O)[C@@H](OC(C)(C)C)c1c(C)nc(C)c(-c2ccc3c(c2)CCNC3)c1N1CCC(C)(C)CC1.CCOC(=O)[C@@H](OC(C)(C)C)c1c(C)nc(C)c(Br)c1N1CCC(C)(C)CC1.Cc1nc(C)c([C@H](OC(C)(C)C)C(=O)O)c(N2CCC(C)(C)CC2)c1-c1ccc2c(c1)CCNC2. The maximum atomic E-state index is 13.6. The van der Waals surface area contributed by atoms with E-state index in [1.807, 2.05) is 166 Å². The zero-order chi connectivity index (χ0) is 106. The summed E-state index contributed by atoms with van der Waals surface area (Å²) in [5.74, 6) is -2.09. The number of carbonyl (C=O) groups is 5. The number of benzene rings is 3. The molecule has 0 spiro atoms. The van der Waals surface area contributed by atoms with Crippen molar-refractivity contribution in [3.8, 4) is 33.4 Å². The second kappa shape index (κ2) is 46.7. The van der Waals surface area contributed by atoms with E-state index in [0.717, 1.165) is 278 Å². The maximum absolute atomic E-state index is 13.6. The topological polar surface area (TPSA) is 271 Å². The quantitative estimate of drug-likeness (QED) is 0.0420. The summed E-state index contributed by atoms with van der Waals surface area (Å²) in [5, 5.41) is 17.2.